The Morgan fingerprint density at radius 1 is 1.03 bits per heavy atom. The lowest BCUT2D eigenvalue weighted by atomic mass is 10.1. The second-order valence-electron chi connectivity index (χ2n) is 8.42. The quantitative estimate of drug-likeness (QED) is 0.660. The average Bonchev–Trinajstić information content (AvgIpc) is 3.61. The van der Waals surface area contributed by atoms with Gasteiger partial charge in [0, 0.05) is 45.0 Å². The fourth-order valence-electron chi connectivity index (χ4n) is 4.16. The van der Waals surface area contributed by atoms with Crippen molar-refractivity contribution in [3.8, 4) is 6.07 Å². The van der Waals surface area contributed by atoms with Crippen LogP contribution >= 0.6 is 0 Å². The third-order valence-electron chi connectivity index (χ3n) is 6.19. The number of benzene rings is 2. The Balaban J connectivity index is 1.25. The van der Waals surface area contributed by atoms with Crippen LogP contribution in [0, 0.1) is 17.2 Å². The summed E-state index contributed by atoms with van der Waals surface area (Å²) in [6.07, 6.45) is 4.16. The molecule has 2 aliphatic rings. The molecule has 1 saturated carbocycles. The Labute approximate surface area is 176 Å². The summed E-state index contributed by atoms with van der Waals surface area (Å²) in [5.74, 6) is 0.654. The maximum Gasteiger partial charge on any atom is 0.261 e. The molecule has 0 unspecified atom stereocenters. The maximum atomic E-state index is 12.7. The second-order valence-corrected chi connectivity index (χ2v) is 8.42. The molecule has 1 aliphatic carbocycles. The smallest absolute Gasteiger partial charge is 0.261 e. The van der Waals surface area contributed by atoms with E-state index >= 15 is 0 Å². The largest absolute Gasteiger partial charge is 0.369 e. The normalized spacial score (nSPS) is 17.2. The summed E-state index contributed by atoms with van der Waals surface area (Å²) in [6.45, 7) is 5.55. The Morgan fingerprint density at radius 3 is 2.50 bits per heavy atom. The van der Waals surface area contributed by atoms with Crippen LogP contribution in [0.1, 0.15) is 24.0 Å². The standard InChI is InChI=1S/C24H25N5O/c25-14-18-1-3-19(4-2-18)15-27-9-11-28(12-10-27)21-7-8-22-23(13-21)26-17-29(24(22)30)16-20-5-6-20/h1-4,7-8,13,17,20H,5-6,9-12,15-16H2. The number of hydrogen-bond acceptors (Lipinski definition) is 5. The molecule has 1 saturated heterocycles. The summed E-state index contributed by atoms with van der Waals surface area (Å²) in [4.78, 5) is 22.1. The lowest BCUT2D eigenvalue weighted by Crippen LogP contribution is -2.46. The molecule has 3 aromatic rings. The van der Waals surface area contributed by atoms with Gasteiger partial charge in [0.25, 0.3) is 5.56 Å². The molecule has 2 heterocycles. The van der Waals surface area contributed by atoms with Crippen LogP contribution in [0.5, 0.6) is 0 Å². The zero-order valence-corrected chi connectivity index (χ0v) is 17.0. The minimum Gasteiger partial charge on any atom is -0.369 e. The highest BCUT2D eigenvalue weighted by molar-refractivity contribution is 5.81. The molecule has 2 fully saturated rings. The number of fused-ring (bicyclic) bond motifs is 1. The highest BCUT2D eigenvalue weighted by Gasteiger charge is 2.23. The van der Waals surface area contributed by atoms with Gasteiger partial charge in [0.1, 0.15) is 0 Å². The molecular formula is C24H25N5O. The topological polar surface area (TPSA) is 65.2 Å². The zero-order chi connectivity index (χ0) is 20.5. The zero-order valence-electron chi connectivity index (χ0n) is 17.0. The van der Waals surface area contributed by atoms with Gasteiger partial charge in [-0.05, 0) is 54.7 Å². The molecule has 0 bridgehead atoms. The lowest BCUT2D eigenvalue weighted by Gasteiger charge is -2.36. The Kier molecular flexibility index (Phi) is 4.97. The van der Waals surface area contributed by atoms with Gasteiger partial charge in [-0.1, -0.05) is 12.1 Å². The first-order valence-electron chi connectivity index (χ1n) is 10.7. The predicted octanol–water partition coefficient (Wildman–Crippen LogP) is 3.00. The van der Waals surface area contributed by atoms with Gasteiger partial charge in [-0.15, -0.1) is 0 Å². The van der Waals surface area contributed by atoms with Gasteiger partial charge in [0.2, 0.25) is 0 Å². The molecule has 0 N–H and O–H groups in total. The van der Waals surface area contributed by atoms with Crippen LogP contribution in [0.25, 0.3) is 10.9 Å². The number of piperazine rings is 1. The van der Waals surface area contributed by atoms with Crippen LogP contribution in [-0.2, 0) is 13.1 Å². The molecule has 0 atom stereocenters. The molecule has 0 amide bonds. The highest BCUT2D eigenvalue weighted by Crippen LogP contribution is 2.30. The van der Waals surface area contributed by atoms with Gasteiger partial charge in [-0.2, -0.15) is 5.26 Å². The van der Waals surface area contributed by atoms with Crippen molar-refractivity contribution in [2.24, 2.45) is 5.92 Å². The Hall–Kier alpha value is -3.17. The fraction of sp³-hybridized carbons (Fsp3) is 0.375. The number of nitriles is 1. The fourth-order valence-corrected chi connectivity index (χ4v) is 4.16. The van der Waals surface area contributed by atoms with E-state index in [2.05, 4.69) is 33.0 Å². The third kappa shape index (κ3) is 3.94. The molecule has 30 heavy (non-hydrogen) atoms. The van der Waals surface area contributed by atoms with E-state index in [9.17, 15) is 4.79 Å². The van der Waals surface area contributed by atoms with Crippen LogP contribution in [0.4, 0.5) is 5.69 Å². The van der Waals surface area contributed by atoms with Crippen molar-refractivity contribution in [3.05, 3.63) is 70.3 Å². The Morgan fingerprint density at radius 2 is 1.80 bits per heavy atom. The summed E-state index contributed by atoms with van der Waals surface area (Å²) in [5.41, 5.74) is 3.93. The minimum atomic E-state index is 0.0747. The number of rotatable bonds is 5. The van der Waals surface area contributed by atoms with E-state index in [1.165, 1.54) is 18.4 Å². The van der Waals surface area contributed by atoms with Gasteiger partial charge in [0.05, 0.1) is 28.9 Å². The average molecular weight is 399 g/mol. The van der Waals surface area contributed by atoms with E-state index in [4.69, 9.17) is 5.26 Å². The summed E-state index contributed by atoms with van der Waals surface area (Å²) >= 11 is 0. The van der Waals surface area contributed by atoms with E-state index in [0.717, 1.165) is 50.5 Å². The van der Waals surface area contributed by atoms with E-state index < -0.39 is 0 Å². The van der Waals surface area contributed by atoms with Crippen LogP contribution in [0.3, 0.4) is 0 Å². The summed E-state index contributed by atoms with van der Waals surface area (Å²) < 4.78 is 1.77. The van der Waals surface area contributed by atoms with Crippen molar-refractivity contribution in [1.29, 1.82) is 5.26 Å². The summed E-state index contributed by atoms with van der Waals surface area (Å²) in [6, 6.07) is 16.0. The maximum absolute atomic E-state index is 12.7. The van der Waals surface area contributed by atoms with E-state index in [1.54, 1.807) is 10.9 Å². The molecule has 152 valence electrons. The minimum absolute atomic E-state index is 0.0747. The molecule has 1 aromatic heterocycles. The second kappa shape index (κ2) is 7.92. The number of nitrogens with zero attached hydrogens (tertiary/aromatic N) is 5. The lowest BCUT2D eigenvalue weighted by molar-refractivity contribution is 0.250. The van der Waals surface area contributed by atoms with Crippen molar-refractivity contribution in [2.45, 2.75) is 25.9 Å². The highest BCUT2D eigenvalue weighted by atomic mass is 16.1. The Bertz CT molecular complexity index is 1150. The molecule has 0 spiro atoms. The monoisotopic (exact) mass is 399 g/mol. The van der Waals surface area contributed by atoms with Crippen LogP contribution in [0.2, 0.25) is 0 Å². The summed E-state index contributed by atoms with van der Waals surface area (Å²) in [5, 5.41) is 9.64. The number of anilines is 1. The van der Waals surface area contributed by atoms with Gasteiger partial charge in [-0.3, -0.25) is 14.3 Å². The van der Waals surface area contributed by atoms with Crippen LogP contribution in [0.15, 0.2) is 53.6 Å². The van der Waals surface area contributed by atoms with Crippen LogP contribution in [-0.4, -0.2) is 40.6 Å². The first kappa shape index (κ1) is 18.8. The van der Waals surface area contributed by atoms with Crippen LogP contribution < -0.4 is 10.5 Å². The van der Waals surface area contributed by atoms with Gasteiger partial charge < -0.3 is 4.90 Å². The number of hydrogen-bond donors (Lipinski definition) is 0. The first-order chi connectivity index (χ1) is 14.7. The summed E-state index contributed by atoms with van der Waals surface area (Å²) in [7, 11) is 0. The van der Waals surface area contributed by atoms with Crippen molar-refractivity contribution >= 4 is 16.6 Å². The van der Waals surface area contributed by atoms with Gasteiger partial charge in [0.15, 0.2) is 0 Å². The number of aromatic nitrogens is 2. The third-order valence-corrected chi connectivity index (χ3v) is 6.19. The van der Waals surface area contributed by atoms with Gasteiger partial charge in [-0.25, -0.2) is 4.98 Å². The van der Waals surface area contributed by atoms with Crippen molar-refractivity contribution in [2.75, 3.05) is 31.1 Å². The van der Waals surface area contributed by atoms with E-state index in [0.29, 0.717) is 16.9 Å². The van der Waals surface area contributed by atoms with Gasteiger partial charge >= 0.3 is 0 Å². The molecule has 1 aliphatic heterocycles. The predicted molar refractivity (Wildman–Crippen MR) is 117 cm³/mol. The molecule has 0 radical (unpaired) electrons. The first-order valence-corrected chi connectivity index (χ1v) is 10.7. The molecule has 5 rings (SSSR count). The van der Waals surface area contributed by atoms with Crippen molar-refractivity contribution in [1.82, 2.24) is 14.5 Å². The molecule has 2 aromatic carbocycles. The molecule has 6 heteroatoms. The molecule has 6 nitrogen and oxygen atoms in total. The molecular weight excluding hydrogens is 374 g/mol. The van der Waals surface area contributed by atoms with E-state index in [1.807, 2.05) is 30.3 Å². The SMILES string of the molecule is N#Cc1ccc(CN2CCN(c3ccc4c(=O)n(CC5CC5)cnc4c3)CC2)cc1. The van der Waals surface area contributed by atoms with Crippen molar-refractivity contribution < 1.29 is 0 Å². The van der Waals surface area contributed by atoms with Crippen molar-refractivity contribution in [3.63, 3.8) is 0 Å². The van der Waals surface area contributed by atoms with E-state index in [-0.39, 0.29) is 5.56 Å².